The molecule has 1 heterocycles. The van der Waals surface area contributed by atoms with E-state index in [9.17, 15) is 8.78 Å². The zero-order chi connectivity index (χ0) is 6.85. The molecule has 48 valence electrons. The van der Waals surface area contributed by atoms with Crippen LogP contribution in [0.15, 0.2) is 12.3 Å². The molecule has 0 spiro atoms. The Bertz CT molecular complexity index is 226. The minimum atomic E-state index is -0.836. The molecule has 0 N–H and O–H groups in total. The van der Waals surface area contributed by atoms with Crippen LogP contribution in [0, 0.1) is 11.6 Å². The average molecular weight is 150 g/mol. The van der Waals surface area contributed by atoms with Crippen LogP contribution in [0.5, 0.6) is 0 Å². The number of nitrogens with zero attached hydrogens (tertiary/aromatic N) is 1. The molecule has 0 atom stereocenters. The predicted octanol–water partition coefficient (Wildman–Crippen LogP) is 2.01. The van der Waals surface area contributed by atoms with Crippen molar-refractivity contribution >= 4 is 11.6 Å². The SMILES string of the molecule is Fc1cnc(Cl)c(F)c1. The van der Waals surface area contributed by atoms with Gasteiger partial charge in [-0.3, -0.25) is 0 Å². The van der Waals surface area contributed by atoms with Gasteiger partial charge in [-0.15, -0.1) is 0 Å². The van der Waals surface area contributed by atoms with E-state index in [1.165, 1.54) is 0 Å². The maximum Gasteiger partial charge on any atom is 0.164 e. The summed E-state index contributed by atoms with van der Waals surface area (Å²) in [4.78, 5) is 3.19. The first kappa shape index (κ1) is 6.42. The molecule has 0 amide bonds. The van der Waals surface area contributed by atoms with Crippen molar-refractivity contribution in [2.75, 3.05) is 0 Å². The van der Waals surface area contributed by atoms with E-state index >= 15 is 0 Å². The number of hydrogen-bond acceptors (Lipinski definition) is 1. The highest BCUT2D eigenvalue weighted by Gasteiger charge is 1.99. The van der Waals surface area contributed by atoms with Crippen LogP contribution in [0.4, 0.5) is 8.78 Å². The highest BCUT2D eigenvalue weighted by molar-refractivity contribution is 6.29. The number of hydrogen-bond donors (Lipinski definition) is 0. The molecule has 0 saturated carbocycles. The van der Waals surface area contributed by atoms with Crippen LogP contribution < -0.4 is 0 Å². The van der Waals surface area contributed by atoms with E-state index in [1.54, 1.807) is 0 Å². The van der Waals surface area contributed by atoms with Crippen molar-refractivity contribution in [2.45, 2.75) is 0 Å². The van der Waals surface area contributed by atoms with E-state index in [4.69, 9.17) is 11.6 Å². The van der Waals surface area contributed by atoms with Crippen molar-refractivity contribution in [2.24, 2.45) is 0 Å². The summed E-state index contributed by atoms with van der Waals surface area (Å²) in [7, 11) is 0. The molecular weight excluding hydrogens is 148 g/mol. The monoisotopic (exact) mass is 149 g/mol. The van der Waals surface area contributed by atoms with E-state index in [1.807, 2.05) is 0 Å². The first-order valence-electron chi connectivity index (χ1n) is 2.16. The van der Waals surface area contributed by atoms with Gasteiger partial charge in [0.25, 0.3) is 0 Å². The predicted molar refractivity (Wildman–Crippen MR) is 29.2 cm³/mol. The number of halogens is 3. The molecule has 9 heavy (non-hydrogen) atoms. The van der Waals surface area contributed by atoms with Crippen LogP contribution >= 0.6 is 11.6 Å². The summed E-state index contributed by atoms with van der Waals surface area (Å²) in [6.45, 7) is 0. The van der Waals surface area contributed by atoms with Crippen molar-refractivity contribution in [3.63, 3.8) is 0 Å². The summed E-state index contributed by atoms with van der Waals surface area (Å²) in [6, 6.07) is 0.676. The van der Waals surface area contributed by atoms with Crippen molar-refractivity contribution < 1.29 is 8.78 Å². The van der Waals surface area contributed by atoms with Gasteiger partial charge in [0.05, 0.1) is 6.20 Å². The zero-order valence-electron chi connectivity index (χ0n) is 4.24. The molecule has 0 aliphatic rings. The minimum absolute atomic E-state index is 0.309. The normalized spacial score (nSPS) is 9.67. The van der Waals surface area contributed by atoms with Gasteiger partial charge in [0.1, 0.15) is 5.82 Å². The number of rotatable bonds is 0. The Hall–Kier alpha value is -0.700. The standard InChI is InChI=1S/C5H2ClF2N/c6-5-4(8)1-3(7)2-9-5/h1-2H. The summed E-state index contributed by atoms with van der Waals surface area (Å²) >= 11 is 5.13. The van der Waals surface area contributed by atoms with E-state index in [0.29, 0.717) is 6.07 Å². The third-order valence-electron chi connectivity index (χ3n) is 0.763. The Morgan fingerprint density at radius 3 is 2.56 bits per heavy atom. The number of pyridine rings is 1. The lowest BCUT2D eigenvalue weighted by Crippen LogP contribution is -1.83. The van der Waals surface area contributed by atoms with E-state index in [-0.39, 0.29) is 5.15 Å². The second-order valence-corrected chi connectivity index (χ2v) is 1.78. The second kappa shape index (κ2) is 2.27. The smallest absolute Gasteiger partial charge is 0.164 e. The fourth-order valence-corrected chi connectivity index (χ4v) is 0.501. The van der Waals surface area contributed by atoms with Crippen LogP contribution in [0.25, 0.3) is 0 Å². The molecule has 0 saturated heterocycles. The van der Waals surface area contributed by atoms with Crippen LogP contribution in [0.1, 0.15) is 0 Å². The molecule has 0 fully saturated rings. The lowest BCUT2D eigenvalue weighted by Gasteiger charge is -1.89. The van der Waals surface area contributed by atoms with E-state index in [0.717, 1.165) is 6.20 Å². The van der Waals surface area contributed by atoms with Gasteiger partial charge >= 0.3 is 0 Å². The molecule has 0 aliphatic heterocycles. The summed E-state index contributed by atoms with van der Waals surface area (Å²) in [6.07, 6.45) is 0.853. The van der Waals surface area contributed by atoms with Gasteiger partial charge in [-0.2, -0.15) is 0 Å². The summed E-state index contributed by atoms with van der Waals surface area (Å²) in [5.74, 6) is -1.56. The second-order valence-electron chi connectivity index (χ2n) is 1.43. The van der Waals surface area contributed by atoms with Gasteiger partial charge in [0.15, 0.2) is 11.0 Å². The molecule has 4 heteroatoms. The van der Waals surface area contributed by atoms with E-state index < -0.39 is 11.6 Å². The Morgan fingerprint density at radius 2 is 2.11 bits per heavy atom. The summed E-state index contributed by atoms with van der Waals surface area (Å²) in [5.41, 5.74) is 0. The minimum Gasteiger partial charge on any atom is -0.238 e. The van der Waals surface area contributed by atoms with Crippen LogP contribution in [-0.4, -0.2) is 4.98 Å². The Labute approximate surface area is 55.3 Å². The topological polar surface area (TPSA) is 12.9 Å². The van der Waals surface area contributed by atoms with Crippen LogP contribution in [0.3, 0.4) is 0 Å². The molecule has 1 nitrogen and oxygen atoms in total. The Balaban J connectivity index is 3.17. The first-order valence-corrected chi connectivity index (χ1v) is 2.54. The molecule has 0 aliphatic carbocycles. The highest BCUT2D eigenvalue weighted by Crippen LogP contribution is 2.10. The van der Waals surface area contributed by atoms with Gasteiger partial charge in [-0.25, -0.2) is 13.8 Å². The van der Waals surface area contributed by atoms with Crippen LogP contribution in [-0.2, 0) is 0 Å². The Kier molecular flexibility index (Phi) is 1.62. The quantitative estimate of drug-likeness (QED) is 0.515. The van der Waals surface area contributed by atoms with Crippen molar-refractivity contribution in [3.05, 3.63) is 29.1 Å². The largest absolute Gasteiger partial charge is 0.238 e. The molecule has 0 bridgehead atoms. The highest BCUT2D eigenvalue weighted by atomic mass is 35.5. The third kappa shape index (κ3) is 1.36. The van der Waals surface area contributed by atoms with Gasteiger partial charge in [-0.05, 0) is 0 Å². The lowest BCUT2D eigenvalue weighted by molar-refractivity contribution is 0.573. The maximum absolute atomic E-state index is 12.1. The zero-order valence-corrected chi connectivity index (χ0v) is 4.99. The molecule has 0 unspecified atom stereocenters. The molecule has 1 aromatic heterocycles. The number of aromatic nitrogens is 1. The molecule has 1 rings (SSSR count). The molecule has 0 aromatic carbocycles. The average Bonchev–Trinajstić information content (AvgIpc) is 1.80. The first-order chi connectivity index (χ1) is 4.20. The van der Waals surface area contributed by atoms with Crippen molar-refractivity contribution in [1.29, 1.82) is 0 Å². The fourth-order valence-electron chi connectivity index (χ4n) is 0.398. The van der Waals surface area contributed by atoms with Crippen molar-refractivity contribution in [1.82, 2.24) is 4.98 Å². The Morgan fingerprint density at radius 1 is 1.44 bits per heavy atom. The van der Waals surface area contributed by atoms with Gasteiger partial charge in [-0.1, -0.05) is 11.6 Å². The summed E-state index contributed by atoms with van der Waals surface area (Å²) in [5, 5.41) is -0.309. The molecule has 0 radical (unpaired) electrons. The van der Waals surface area contributed by atoms with Crippen LogP contribution in [0.2, 0.25) is 5.15 Å². The van der Waals surface area contributed by atoms with Gasteiger partial charge < -0.3 is 0 Å². The van der Waals surface area contributed by atoms with Crippen molar-refractivity contribution in [3.8, 4) is 0 Å². The van der Waals surface area contributed by atoms with Gasteiger partial charge in [0.2, 0.25) is 0 Å². The fraction of sp³-hybridized carbons (Fsp3) is 0. The summed E-state index contributed by atoms with van der Waals surface area (Å²) < 4.78 is 24.1. The maximum atomic E-state index is 12.1. The van der Waals surface area contributed by atoms with Gasteiger partial charge in [0, 0.05) is 6.07 Å². The molecular formula is C5H2ClF2N. The lowest BCUT2D eigenvalue weighted by atomic mass is 10.5. The van der Waals surface area contributed by atoms with E-state index in [2.05, 4.69) is 4.98 Å². The third-order valence-corrected chi connectivity index (χ3v) is 1.04. The molecule has 1 aromatic rings.